The number of carbonyl (C=O) groups is 2. The van der Waals surface area contributed by atoms with Gasteiger partial charge in [-0.25, -0.2) is 0 Å². The highest BCUT2D eigenvalue weighted by Crippen LogP contribution is 2.23. The molecular weight excluding hydrogens is 384 g/mol. The molecule has 5 nitrogen and oxygen atoms in total. The van der Waals surface area contributed by atoms with E-state index in [0.717, 1.165) is 10.0 Å². The van der Waals surface area contributed by atoms with E-state index in [0.29, 0.717) is 23.8 Å². The molecule has 6 heteroatoms. The highest BCUT2D eigenvalue weighted by Gasteiger charge is 2.15. The summed E-state index contributed by atoms with van der Waals surface area (Å²) in [5.41, 5.74) is 6.10. The minimum atomic E-state index is -0.429. The molecule has 0 aliphatic heterocycles. The van der Waals surface area contributed by atoms with Crippen LogP contribution in [0.15, 0.2) is 53.0 Å². The van der Waals surface area contributed by atoms with Gasteiger partial charge in [0.05, 0.1) is 18.6 Å². The van der Waals surface area contributed by atoms with Gasteiger partial charge in [0.1, 0.15) is 5.75 Å². The van der Waals surface area contributed by atoms with Crippen molar-refractivity contribution in [2.24, 2.45) is 5.92 Å². The largest absolute Gasteiger partial charge is 0.492 e. The number of hydrogen-bond donors (Lipinski definition) is 2. The summed E-state index contributed by atoms with van der Waals surface area (Å²) in [6.45, 7) is 4.56. The Morgan fingerprint density at radius 3 is 2.48 bits per heavy atom. The second-order valence-corrected chi connectivity index (χ2v) is 6.93. The summed E-state index contributed by atoms with van der Waals surface area (Å²) in [5, 5.41) is 0. The van der Waals surface area contributed by atoms with E-state index >= 15 is 0 Å². The van der Waals surface area contributed by atoms with E-state index in [1.165, 1.54) is 0 Å². The summed E-state index contributed by atoms with van der Waals surface area (Å²) in [4.78, 5) is 24.3. The lowest BCUT2D eigenvalue weighted by molar-refractivity contribution is -0.121. The Bertz CT molecular complexity index is 733. The topological polar surface area (TPSA) is 67.4 Å². The van der Waals surface area contributed by atoms with Crippen LogP contribution in [0, 0.1) is 5.92 Å². The molecule has 0 atom stereocenters. The van der Waals surface area contributed by atoms with Gasteiger partial charge in [-0.15, -0.1) is 0 Å². The van der Waals surface area contributed by atoms with Crippen LogP contribution in [0.2, 0.25) is 0 Å². The van der Waals surface area contributed by atoms with Crippen LogP contribution < -0.4 is 15.6 Å². The highest BCUT2D eigenvalue weighted by atomic mass is 79.9. The molecule has 0 saturated carbocycles. The molecule has 0 radical (unpaired) electrons. The van der Waals surface area contributed by atoms with Gasteiger partial charge in [-0.2, -0.15) is 0 Å². The van der Waals surface area contributed by atoms with Crippen molar-refractivity contribution in [1.82, 2.24) is 10.9 Å². The fourth-order valence-corrected chi connectivity index (χ4v) is 2.44. The number of benzene rings is 2. The summed E-state index contributed by atoms with van der Waals surface area (Å²) >= 11 is 3.35. The Labute approximate surface area is 155 Å². The summed E-state index contributed by atoms with van der Waals surface area (Å²) in [6, 6.07) is 14.5. The van der Waals surface area contributed by atoms with Crippen molar-refractivity contribution >= 4 is 27.7 Å². The summed E-state index contributed by atoms with van der Waals surface area (Å²) < 4.78 is 6.44. The number of amides is 2. The molecule has 0 aliphatic rings. The van der Waals surface area contributed by atoms with Gasteiger partial charge in [-0.3, -0.25) is 20.4 Å². The summed E-state index contributed by atoms with van der Waals surface area (Å²) in [5.74, 6) is 0.0949. The van der Waals surface area contributed by atoms with Gasteiger partial charge >= 0.3 is 0 Å². The smallest absolute Gasteiger partial charge is 0.273 e. The van der Waals surface area contributed by atoms with Gasteiger partial charge in [-0.05, 0) is 29.7 Å². The first-order valence-electron chi connectivity index (χ1n) is 8.01. The third-order valence-electron chi connectivity index (χ3n) is 3.28. The number of carbonyl (C=O) groups excluding carboxylic acids is 2. The van der Waals surface area contributed by atoms with E-state index in [9.17, 15) is 9.59 Å². The number of nitrogens with one attached hydrogen (secondary N) is 2. The van der Waals surface area contributed by atoms with E-state index < -0.39 is 5.91 Å². The molecule has 2 N–H and O–H groups in total. The van der Waals surface area contributed by atoms with Crippen molar-refractivity contribution in [3.05, 3.63) is 64.1 Å². The fourth-order valence-electron chi connectivity index (χ4n) is 2.08. The Morgan fingerprint density at radius 1 is 1.08 bits per heavy atom. The zero-order valence-electron chi connectivity index (χ0n) is 14.2. The minimum absolute atomic E-state index is 0.191. The normalized spacial score (nSPS) is 10.4. The predicted octanol–water partition coefficient (Wildman–Crippen LogP) is 3.49. The molecule has 0 aliphatic carbocycles. The van der Waals surface area contributed by atoms with Crippen molar-refractivity contribution in [1.29, 1.82) is 0 Å². The molecule has 0 spiro atoms. The first kappa shape index (κ1) is 19.0. The van der Waals surface area contributed by atoms with Gasteiger partial charge in [0.15, 0.2) is 0 Å². The quantitative estimate of drug-likeness (QED) is 0.724. The van der Waals surface area contributed by atoms with Crippen LogP contribution in [0.4, 0.5) is 0 Å². The van der Waals surface area contributed by atoms with Crippen molar-refractivity contribution in [2.45, 2.75) is 20.3 Å². The molecule has 0 saturated heterocycles. The lowest BCUT2D eigenvalue weighted by atomic mass is 10.1. The average Bonchev–Trinajstić information content (AvgIpc) is 2.59. The summed E-state index contributed by atoms with van der Waals surface area (Å²) in [7, 11) is 0. The van der Waals surface area contributed by atoms with Crippen LogP contribution in [0.25, 0.3) is 0 Å². The van der Waals surface area contributed by atoms with Crippen LogP contribution >= 0.6 is 15.9 Å². The molecule has 0 unspecified atom stereocenters. The van der Waals surface area contributed by atoms with Gasteiger partial charge in [0.25, 0.3) is 5.91 Å². The SMILES string of the molecule is CC(C)COc1ccc(Br)cc1C(=O)NNC(=O)Cc1ccccc1. The van der Waals surface area contributed by atoms with Crippen LogP contribution in [-0.2, 0) is 11.2 Å². The minimum Gasteiger partial charge on any atom is -0.492 e. The molecule has 0 fully saturated rings. The number of halogens is 1. The number of rotatable bonds is 6. The standard InChI is InChI=1S/C19H21BrN2O3/c1-13(2)12-25-17-9-8-15(20)11-16(17)19(24)22-21-18(23)10-14-6-4-3-5-7-14/h3-9,11,13H,10,12H2,1-2H3,(H,21,23)(H,22,24). The van der Waals surface area contributed by atoms with Crippen LogP contribution in [-0.4, -0.2) is 18.4 Å². The van der Waals surface area contributed by atoms with E-state index in [2.05, 4.69) is 26.8 Å². The third kappa shape index (κ3) is 6.23. The van der Waals surface area contributed by atoms with Gasteiger partial charge in [0.2, 0.25) is 5.91 Å². The van der Waals surface area contributed by atoms with E-state index in [4.69, 9.17) is 4.74 Å². The van der Waals surface area contributed by atoms with Gasteiger partial charge in [0, 0.05) is 4.47 Å². The Morgan fingerprint density at radius 2 is 1.80 bits per heavy atom. The zero-order chi connectivity index (χ0) is 18.2. The Hall–Kier alpha value is -2.34. The molecular formula is C19H21BrN2O3. The van der Waals surface area contributed by atoms with Crippen LogP contribution in [0.1, 0.15) is 29.8 Å². The Balaban J connectivity index is 1.97. The monoisotopic (exact) mass is 404 g/mol. The predicted molar refractivity (Wildman–Crippen MR) is 100 cm³/mol. The summed E-state index contributed by atoms with van der Waals surface area (Å²) in [6.07, 6.45) is 0.191. The first-order valence-corrected chi connectivity index (χ1v) is 8.80. The lowest BCUT2D eigenvalue weighted by Gasteiger charge is -2.14. The molecule has 0 heterocycles. The first-order chi connectivity index (χ1) is 12.0. The molecule has 2 aromatic carbocycles. The van der Waals surface area contributed by atoms with Crippen LogP contribution in [0.3, 0.4) is 0 Å². The van der Waals surface area contributed by atoms with Crippen molar-refractivity contribution in [2.75, 3.05) is 6.61 Å². The maximum Gasteiger partial charge on any atom is 0.273 e. The zero-order valence-corrected chi connectivity index (χ0v) is 15.8. The maximum absolute atomic E-state index is 12.4. The van der Waals surface area contributed by atoms with Crippen molar-refractivity contribution < 1.29 is 14.3 Å². The van der Waals surface area contributed by atoms with Crippen LogP contribution in [0.5, 0.6) is 5.75 Å². The second-order valence-electron chi connectivity index (χ2n) is 6.01. The second kappa shape index (κ2) is 9.22. The van der Waals surface area contributed by atoms with E-state index in [1.807, 2.05) is 44.2 Å². The molecule has 2 amide bonds. The highest BCUT2D eigenvalue weighted by molar-refractivity contribution is 9.10. The molecule has 132 valence electrons. The fraction of sp³-hybridized carbons (Fsp3) is 0.263. The molecule has 0 bridgehead atoms. The van der Waals surface area contributed by atoms with E-state index in [-0.39, 0.29) is 12.3 Å². The van der Waals surface area contributed by atoms with Gasteiger partial charge in [-0.1, -0.05) is 60.1 Å². The van der Waals surface area contributed by atoms with Gasteiger partial charge < -0.3 is 4.74 Å². The van der Waals surface area contributed by atoms with E-state index in [1.54, 1.807) is 18.2 Å². The number of hydrogen-bond acceptors (Lipinski definition) is 3. The third-order valence-corrected chi connectivity index (χ3v) is 3.77. The lowest BCUT2D eigenvalue weighted by Crippen LogP contribution is -2.42. The Kier molecular flexibility index (Phi) is 7.01. The number of hydrazine groups is 1. The number of ether oxygens (including phenoxy) is 1. The average molecular weight is 405 g/mol. The van der Waals surface area contributed by atoms with Crippen molar-refractivity contribution in [3.63, 3.8) is 0 Å². The maximum atomic E-state index is 12.4. The molecule has 25 heavy (non-hydrogen) atoms. The molecule has 2 aromatic rings. The molecule has 2 rings (SSSR count). The van der Waals surface area contributed by atoms with Crippen molar-refractivity contribution in [3.8, 4) is 5.75 Å². The molecule has 0 aromatic heterocycles.